The monoisotopic (exact) mass is 292 g/mol. The molecule has 0 bridgehead atoms. The van der Waals surface area contributed by atoms with Gasteiger partial charge in [0.05, 0.1) is 0 Å². The van der Waals surface area contributed by atoms with E-state index in [0.717, 1.165) is 19.0 Å². The molecule has 0 radical (unpaired) electrons. The van der Waals surface area contributed by atoms with Crippen molar-refractivity contribution in [2.45, 2.75) is 64.7 Å². The van der Waals surface area contributed by atoms with Crippen molar-refractivity contribution < 1.29 is 13.2 Å². The Labute approximate surface area is 120 Å². The molecule has 2 rings (SSSR count). The van der Waals surface area contributed by atoms with Crippen LogP contribution < -0.4 is 5.32 Å². The van der Waals surface area contributed by atoms with Crippen molar-refractivity contribution in [3.05, 3.63) is 0 Å². The topological polar surface area (TPSA) is 15.3 Å². The van der Waals surface area contributed by atoms with Gasteiger partial charge in [-0.1, -0.05) is 20.8 Å². The van der Waals surface area contributed by atoms with Gasteiger partial charge in [0.15, 0.2) is 0 Å². The first-order chi connectivity index (χ1) is 9.17. The predicted octanol–water partition coefficient (Wildman–Crippen LogP) is 3.43. The minimum atomic E-state index is -4.03. The molecule has 2 atom stereocenters. The van der Waals surface area contributed by atoms with Gasteiger partial charge in [0, 0.05) is 31.6 Å². The van der Waals surface area contributed by atoms with Crippen molar-refractivity contribution in [3.8, 4) is 0 Å². The second-order valence-corrected chi connectivity index (χ2v) is 7.45. The highest BCUT2D eigenvalue weighted by molar-refractivity contribution is 4.97. The molecule has 5 heteroatoms. The van der Waals surface area contributed by atoms with Gasteiger partial charge in [0.2, 0.25) is 0 Å². The van der Waals surface area contributed by atoms with Crippen LogP contribution >= 0.6 is 0 Å². The van der Waals surface area contributed by atoms with E-state index in [0.29, 0.717) is 18.6 Å². The molecule has 1 saturated carbocycles. The van der Waals surface area contributed by atoms with Gasteiger partial charge in [0.25, 0.3) is 0 Å². The van der Waals surface area contributed by atoms with Gasteiger partial charge < -0.3 is 5.32 Å². The molecular weight excluding hydrogens is 265 g/mol. The van der Waals surface area contributed by atoms with Crippen molar-refractivity contribution in [3.63, 3.8) is 0 Å². The van der Waals surface area contributed by atoms with Crippen molar-refractivity contribution in [1.82, 2.24) is 10.2 Å². The van der Waals surface area contributed by atoms with Gasteiger partial charge >= 0.3 is 6.18 Å². The predicted molar refractivity (Wildman–Crippen MR) is 74.6 cm³/mol. The summed E-state index contributed by atoms with van der Waals surface area (Å²) in [6, 6.07) is 0.810. The Morgan fingerprint density at radius 1 is 1.15 bits per heavy atom. The average molecular weight is 292 g/mol. The highest BCUT2D eigenvalue weighted by Gasteiger charge is 2.40. The van der Waals surface area contributed by atoms with Crippen LogP contribution in [0.5, 0.6) is 0 Å². The van der Waals surface area contributed by atoms with Gasteiger partial charge in [-0.2, -0.15) is 13.2 Å². The first kappa shape index (κ1) is 16.1. The summed E-state index contributed by atoms with van der Waals surface area (Å²) in [5.74, 6) is 0.751. The van der Waals surface area contributed by atoms with Gasteiger partial charge in [-0.25, -0.2) is 0 Å². The van der Waals surface area contributed by atoms with Gasteiger partial charge in [-0.15, -0.1) is 0 Å². The molecule has 20 heavy (non-hydrogen) atoms. The molecule has 1 N–H and O–H groups in total. The quantitative estimate of drug-likeness (QED) is 0.854. The summed E-state index contributed by atoms with van der Waals surface area (Å²) in [6.07, 6.45) is -1.93. The molecule has 2 unspecified atom stereocenters. The minimum absolute atomic E-state index is 0.0970. The molecule has 0 amide bonds. The molecule has 2 nitrogen and oxygen atoms in total. The number of nitrogens with one attached hydrogen (secondary N) is 1. The lowest BCUT2D eigenvalue weighted by molar-refractivity contribution is -0.137. The number of rotatable bonds is 4. The molecule has 1 aliphatic heterocycles. The molecule has 0 aromatic rings. The number of alkyl halides is 3. The average Bonchev–Trinajstić information content (AvgIpc) is 3.09. The van der Waals surface area contributed by atoms with E-state index in [-0.39, 0.29) is 11.8 Å². The van der Waals surface area contributed by atoms with E-state index in [1.807, 2.05) is 0 Å². The maximum atomic E-state index is 12.3. The fraction of sp³-hybridized carbons (Fsp3) is 1.00. The van der Waals surface area contributed by atoms with Crippen LogP contribution in [0.2, 0.25) is 0 Å². The standard InChI is InChI=1S/C15H27F3N2/c1-14(2,3)13-9-19-12(11-5-6-11)10-20(13)8-4-7-15(16,17)18/h11-13,19H,4-10H2,1-3H3. The number of hydrogen-bond donors (Lipinski definition) is 1. The maximum absolute atomic E-state index is 12.3. The first-order valence-electron chi connectivity index (χ1n) is 7.71. The molecule has 1 saturated heterocycles. The Kier molecular flexibility index (Phi) is 4.69. The Morgan fingerprint density at radius 3 is 2.30 bits per heavy atom. The van der Waals surface area contributed by atoms with Crippen LogP contribution in [0.4, 0.5) is 13.2 Å². The fourth-order valence-electron chi connectivity index (χ4n) is 3.23. The lowest BCUT2D eigenvalue weighted by Crippen LogP contribution is -2.61. The van der Waals surface area contributed by atoms with Crippen molar-refractivity contribution in [2.24, 2.45) is 11.3 Å². The first-order valence-corrected chi connectivity index (χ1v) is 7.71. The van der Waals surface area contributed by atoms with E-state index in [4.69, 9.17) is 0 Å². The Morgan fingerprint density at radius 2 is 1.80 bits per heavy atom. The normalized spacial score (nSPS) is 29.7. The van der Waals surface area contributed by atoms with E-state index in [9.17, 15) is 13.2 Å². The number of piperazine rings is 1. The summed E-state index contributed by atoms with van der Waals surface area (Å²) in [6.45, 7) is 8.89. The largest absolute Gasteiger partial charge is 0.389 e. The van der Waals surface area contributed by atoms with Gasteiger partial charge in [-0.3, -0.25) is 4.90 Å². The van der Waals surface area contributed by atoms with Crippen molar-refractivity contribution in [1.29, 1.82) is 0 Å². The zero-order chi connectivity index (χ0) is 15.0. The van der Waals surface area contributed by atoms with Gasteiger partial charge in [0.1, 0.15) is 0 Å². The Balaban J connectivity index is 1.91. The third-order valence-electron chi connectivity index (χ3n) is 4.54. The zero-order valence-electron chi connectivity index (χ0n) is 12.8. The van der Waals surface area contributed by atoms with Crippen LogP contribution in [-0.2, 0) is 0 Å². The molecule has 1 heterocycles. The number of halogens is 3. The summed E-state index contributed by atoms with van der Waals surface area (Å²) >= 11 is 0. The second kappa shape index (κ2) is 5.84. The van der Waals surface area contributed by atoms with Crippen molar-refractivity contribution >= 4 is 0 Å². The van der Waals surface area contributed by atoms with E-state index in [1.54, 1.807) is 0 Å². The molecule has 2 aliphatic rings. The van der Waals surface area contributed by atoms with E-state index in [2.05, 4.69) is 31.0 Å². The van der Waals surface area contributed by atoms with Crippen molar-refractivity contribution in [2.75, 3.05) is 19.6 Å². The molecule has 0 aromatic heterocycles. The highest BCUT2D eigenvalue weighted by atomic mass is 19.4. The lowest BCUT2D eigenvalue weighted by Gasteiger charge is -2.46. The molecule has 0 spiro atoms. The smallest absolute Gasteiger partial charge is 0.311 e. The van der Waals surface area contributed by atoms with E-state index < -0.39 is 12.6 Å². The Bertz CT molecular complexity index is 318. The number of nitrogens with zero attached hydrogens (tertiary/aromatic N) is 1. The molecule has 118 valence electrons. The molecule has 0 aromatic carbocycles. The van der Waals surface area contributed by atoms with Crippen LogP contribution in [0.3, 0.4) is 0 Å². The molecular formula is C15H27F3N2. The summed E-state index contributed by atoms with van der Waals surface area (Å²) in [5, 5.41) is 3.61. The summed E-state index contributed by atoms with van der Waals surface area (Å²) in [4.78, 5) is 2.30. The highest BCUT2D eigenvalue weighted by Crippen LogP contribution is 2.36. The molecule has 1 aliphatic carbocycles. The number of hydrogen-bond acceptors (Lipinski definition) is 2. The minimum Gasteiger partial charge on any atom is -0.311 e. The maximum Gasteiger partial charge on any atom is 0.389 e. The van der Waals surface area contributed by atoms with Crippen LogP contribution in [-0.4, -0.2) is 42.8 Å². The van der Waals surface area contributed by atoms with Crippen LogP contribution in [0, 0.1) is 11.3 Å². The van der Waals surface area contributed by atoms with E-state index >= 15 is 0 Å². The van der Waals surface area contributed by atoms with Crippen LogP contribution in [0.1, 0.15) is 46.5 Å². The summed E-state index contributed by atoms with van der Waals surface area (Å²) in [5.41, 5.74) is 0.0970. The summed E-state index contributed by atoms with van der Waals surface area (Å²) in [7, 11) is 0. The van der Waals surface area contributed by atoms with Crippen LogP contribution in [0.15, 0.2) is 0 Å². The third-order valence-corrected chi connectivity index (χ3v) is 4.54. The zero-order valence-corrected chi connectivity index (χ0v) is 12.8. The van der Waals surface area contributed by atoms with E-state index in [1.165, 1.54) is 12.8 Å². The van der Waals surface area contributed by atoms with Gasteiger partial charge in [-0.05, 0) is 37.1 Å². The SMILES string of the molecule is CC(C)(C)C1CNC(C2CC2)CN1CCCC(F)(F)F. The third kappa shape index (κ3) is 4.62. The summed E-state index contributed by atoms with van der Waals surface area (Å²) < 4.78 is 37.0. The van der Waals surface area contributed by atoms with Crippen LogP contribution in [0.25, 0.3) is 0 Å². The molecule has 2 fully saturated rings. The lowest BCUT2D eigenvalue weighted by atomic mass is 9.83. The second-order valence-electron chi connectivity index (χ2n) is 7.45. The fourth-order valence-corrected chi connectivity index (χ4v) is 3.23. The Hall–Kier alpha value is -0.290.